The third-order valence-corrected chi connectivity index (χ3v) is 3.10. The minimum absolute atomic E-state index is 0.144. The molecule has 0 radical (unpaired) electrons. The lowest BCUT2D eigenvalue weighted by atomic mass is 10.1. The van der Waals surface area contributed by atoms with Gasteiger partial charge in [-0.3, -0.25) is 0 Å². The first-order chi connectivity index (χ1) is 6.38. The van der Waals surface area contributed by atoms with Crippen LogP contribution >= 0.6 is 34.2 Å². The molecular weight excluding hydrogens is 308 g/mol. The normalized spacial score (nSPS) is 11.8. The predicted molar refractivity (Wildman–Crippen MR) is 70.8 cm³/mol. The lowest BCUT2D eigenvalue weighted by Crippen LogP contribution is -2.35. The summed E-state index contributed by atoms with van der Waals surface area (Å²) in [6, 6.07) is 5.98. The molecule has 0 heterocycles. The van der Waals surface area contributed by atoms with Crippen LogP contribution in [-0.2, 0) is 6.54 Å². The monoisotopic (exact) mass is 323 g/mol. The molecule has 0 aromatic heterocycles. The molecule has 0 spiro atoms. The van der Waals surface area contributed by atoms with E-state index in [1.165, 1.54) is 9.13 Å². The molecular formula is C11H15ClIN. The number of nitrogens with one attached hydrogen (secondary N) is 1. The smallest absolute Gasteiger partial charge is 0.0409 e. The van der Waals surface area contributed by atoms with E-state index in [1.807, 2.05) is 18.2 Å². The highest BCUT2D eigenvalue weighted by Crippen LogP contribution is 2.18. The Kier molecular flexibility index (Phi) is 4.22. The number of benzene rings is 1. The molecule has 0 aliphatic carbocycles. The van der Waals surface area contributed by atoms with Crippen molar-refractivity contribution in [1.82, 2.24) is 5.32 Å². The molecule has 0 saturated heterocycles. The Labute approximate surface area is 104 Å². The van der Waals surface area contributed by atoms with Crippen LogP contribution in [0.15, 0.2) is 18.2 Å². The van der Waals surface area contributed by atoms with Crippen LogP contribution in [0.1, 0.15) is 26.3 Å². The Bertz CT molecular complexity index is 318. The number of halogens is 2. The molecule has 1 aromatic carbocycles. The second-order valence-corrected chi connectivity index (χ2v) is 5.94. The van der Waals surface area contributed by atoms with Crippen LogP contribution in [0.3, 0.4) is 0 Å². The fourth-order valence-corrected chi connectivity index (χ4v) is 1.76. The first-order valence-corrected chi connectivity index (χ1v) is 6.03. The number of hydrogen-bond donors (Lipinski definition) is 1. The second kappa shape index (κ2) is 4.81. The molecule has 0 fully saturated rings. The van der Waals surface area contributed by atoms with Gasteiger partial charge in [-0.2, -0.15) is 0 Å². The first-order valence-electron chi connectivity index (χ1n) is 4.57. The van der Waals surface area contributed by atoms with E-state index in [1.54, 1.807) is 0 Å². The van der Waals surface area contributed by atoms with Gasteiger partial charge in [-0.05, 0) is 67.1 Å². The van der Waals surface area contributed by atoms with E-state index in [4.69, 9.17) is 11.6 Å². The minimum atomic E-state index is 0.144. The lowest BCUT2D eigenvalue weighted by Gasteiger charge is -2.21. The van der Waals surface area contributed by atoms with Crippen LogP contribution in [0.2, 0.25) is 5.02 Å². The molecule has 0 aliphatic rings. The molecule has 78 valence electrons. The summed E-state index contributed by atoms with van der Waals surface area (Å²) in [5, 5.41) is 4.24. The van der Waals surface area contributed by atoms with Crippen LogP contribution < -0.4 is 5.32 Å². The van der Waals surface area contributed by atoms with Gasteiger partial charge in [0.05, 0.1) is 0 Å². The predicted octanol–water partition coefficient (Wildman–Crippen LogP) is 3.83. The van der Waals surface area contributed by atoms with Crippen LogP contribution in [0, 0.1) is 3.57 Å². The van der Waals surface area contributed by atoms with Crippen molar-refractivity contribution in [3.8, 4) is 0 Å². The van der Waals surface area contributed by atoms with Crippen molar-refractivity contribution < 1.29 is 0 Å². The summed E-state index contributed by atoms with van der Waals surface area (Å²) in [5.41, 5.74) is 1.40. The molecule has 3 heteroatoms. The zero-order valence-electron chi connectivity index (χ0n) is 8.70. The van der Waals surface area contributed by atoms with Gasteiger partial charge in [0, 0.05) is 20.7 Å². The first kappa shape index (κ1) is 12.3. The standard InChI is InChI=1S/C11H15ClIN/c1-11(2,3)14-7-8-6-9(12)4-5-10(8)13/h4-6,14H,7H2,1-3H3. The molecule has 14 heavy (non-hydrogen) atoms. The van der Waals surface area contributed by atoms with Crippen molar-refractivity contribution in [2.75, 3.05) is 0 Å². The number of rotatable bonds is 2. The Morgan fingerprint density at radius 1 is 1.36 bits per heavy atom. The van der Waals surface area contributed by atoms with E-state index >= 15 is 0 Å². The van der Waals surface area contributed by atoms with E-state index in [9.17, 15) is 0 Å². The molecule has 0 unspecified atom stereocenters. The van der Waals surface area contributed by atoms with Gasteiger partial charge < -0.3 is 5.32 Å². The van der Waals surface area contributed by atoms with Crippen LogP contribution in [0.5, 0.6) is 0 Å². The fourth-order valence-electron chi connectivity index (χ4n) is 1.04. The van der Waals surface area contributed by atoms with E-state index in [0.717, 1.165) is 11.6 Å². The molecule has 0 aliphatic heterocycles. The van der Waals surface area contributed by atoms with Crippen molar-refractivity contribution >= 4 is 34.2 Å². The van der Waals surface area contributed by atoms with Gasteiger partial charge in [-0.25, -0.2) is 0 Å². The molecule has 1 aromatic rings. The summed E-state index contributed by atoms with van der Waals surface area (Å²) in [4.78, 5) is 0. The highest BCUT2D eigenvalue weighted by atomic mass is 127. The second-order valence-electron chi connectivity index (χ2n) is 4.34. The summed E-state index contributed by atoms with van der Waals surface area (Å²) >= 11 is 8.27. The Balaban J connectivity index is 2.72. The van der Waals surface area contributed by atoms with Gasteiger partial charge in [0.2, 0.25) is 0 Å². The summed E-state index contributed by atoms with van der Waals surface area (Å²) in [6.07, 6.45) is 0. The summed E-state index contributed by atoms with van der Waals surface area (Å²) in [6.45, 7) is 7.33. The quantitative estimate of drug-likeness (QED) is 0.816. The van der Waals surface area contributed by atoms with Gasteiger partial charge >= 0.3 is 0 Å². The summed E-state index contributed by atoms with van der Waals surface area (Å²) in [5.74, 6) is 0. The highest BCUT2D eigenvalue weighted by molar-refractivity contribution is 14.1. The molecule has 1 rings (SSSR count). The third-order valence-electron chi connectivity index (χ3n) is 1.82. The maximum atomic E-state index is 5.94. The van der Waals surface area contributed by atoms with Crippen molar-refractivity contribution in [2.24, 2.45) is 0 Å². The lowest BCUT2D eigenvalue weighted by molar-refractivity contribution is 0.424. The van der Waals surface area contributed by atoms with Crippen molar-refractivity contribution in [1.29, 1.82) is 0 Å². The third kappa shape index (κ3) is 4.15. The summed E-state index contributed by atoms with van der Waals surface area (Å²) < 4.78 is 1.25. The van der Waals surface area contributed by atoms with Gasteiger partial charge in [-0.15, -0.1) is 0 Å². The molecule has 0 amide bonds. The Morgan fingerprint density at radius 2 is 2.00 bits per heavy atom. The Hall–Kier alpha value is 0.200. The van der Waals surface area contributed by atoms with Crippen molar-refractivity contribution in [2.45, 2.75) is 32.9 Å². The molecule has 0 atom stereocenters. The van der Waals surface area contributed by atoms with Crippen LogP contribution in [0.4, 0.5) is 0 Å². The zero-order chi connectivity index (χ0) is 10.8. The minimum Gasteiger partial charge on any atom is -0.308 e. The van der Waals surface area contributed by atoms with Gasteiger partial charge in [0.25, 0.3) is 0 Å². The SMILES string of the molecule is CC(C)(C)NCc1cc(Cl)ccc1I. The topological polar surface area (TPSA) is 12.0 Å². The van der Waals surface area contributed by atoms with Crippen LogP contribution in [0.25, 0.3) is 0 Å². The van der Waals surface area contributed by atoms with E-state index < -0.39 is 0 Å². The van der Waals surface area contributed by atoms with Crippen molar-refractivity contribution in [3.05, 3.63) is 32.4 Å². The summed E-state index contributed by atoms with van der Waals surface area (Å²) in [7, 11) is 0. The van der Waals surface area contributed by atoms with E-state index in [-0.39, 0.29) is 5.54 Å². The Morgan fingerprint density at radius 3 is 2.57 bits per heavy atom. The van der Waals surface area contributed by atoms with E-state index in [2.05, 4.69) is 48.7 Å². The van der Waals surface area contributed by atoms with Gasteiger partial charge in [0.15, 0.2) is 0 Å². The largest absolute Gasteiger partial charge is 0.308 e. The average molecular weight is 324 g/mol. The van der Waals surface area contributed by atoms with Crippen LogP contribution in [-0.4, -0.2) is 5.54 Å². The van der Waals surface area contributed by atoms with Crippen molar-refractivity contribution in [3.63, 3.8) is 0 Å². The van der Waals surface area contributed by atoms with Gasteiger partial charge in [0.1, 0.15) is 0 Å². The van der Waals surface area contributed by atoms with E-state index in [0.29, 0.717) is 0 Å². The molecule has 1 nitrogen and oxygen atoms in total. The molecule has 0 saturated carbocycles. The fraction of sp³-hybridized carbons (Fsp3) is 0.455. The average Bonchev–Trinajstić information content (AvgIpc) is 2.05. The maximum Gasteiger partial charge on any atom is 0.0409 e. The molecule has 0 bridgehead atoms. The van der Waals surface area contributed by atoms with Gasteiger partial charge in [-0.1, -0.05) is 11.6 Å². The number of hydrogen-bond acceptors (Lipinski definition) is 1. The molecule has 1 N–H and O–H groups in total. The zero-order valence-corrected chi connectivity index (χ0v) is 11.6. The highest BCUT2D eigenvalue weighted by Gasteiger charge is 2.09. The maximum absolute atomic E-state index is 5.94.